The number of carbonyl (C=O) groups excluding carboxylic acids is 6. The van der Waals surface area contributed by atoms with Crippen LogP contribution in [0.25, 0.3) is 0 Å². The van der Waals surface area contributed by atoms with Crippen LogP contribution in [0.5, 0.6) is 0 Å². The van der Waals surface area contributed by atoms with Crippen LogP contribution in [0.2, 0.25) is 0 Å². The lowest BCUT2D eigenvalue weighted by atomic mass is 9.92. The fraction of sp³-hybridized carbons (Fsp3) is 0.824. The molecule has 0 bridgehead atoms. The van der Waals surface area contributed by atoms with Crippen LogP contribution in [0.4, 0.5) is 4.79 Å². The highest BCUT2D eigenvalue weighted by Gasteiger charge is 2.43. The van der Waals surface area contributed by atoms with Crippen molar-refractivity contribution in [2.75, 3.05) is 13.1 Å². The second-order valence-corrected chi connectivity index (χ2v) is 14.6. The van der Waals surface area contributed by atoms with Crippen LogP contribution in [0, 0.1) is 11.8 Å². The van der Waals surface area contributed by atoms with Crippen LogP contribution in [0.3, 0.4) is 0 Å². The first-order valence-electron chi connectivity index (χ1n) is 17.2. The molecule has 0 heterocycles. The topological polar surface area (TPSA) is 226 Å². The van der Waals surface area contributed by atoms with Crippen molar-refractivity contribution < 1.29 is 38.2 Å². The minimum Gasteiger partial charge on any atom is -0.461 e. The number of carbonyl (C=O) groups is 6. The smallest absolute Gasteiger partial charge is 0.417 e. The number of nitrogens with two attached hydrogens (primary N) is 3. The molecule has 48 heavy (non-hydrogen) atoms. The second kappa shape index (κ2) is 21.8. The molecule has 14 nitrogen and oxygen atoms in total. The molecule has 0 saturated carbocycles. The predicted molar refractivity (Wildman–Crippen MR) is 184 cm³/mol. The van der Waals surface area contributed by atoms with E-state index in [2.05, 4.69) is 10.6 Å². The Morgan fingerprint density at radius 2 is 1.42 bits per heavy atom. The molecule has 0 aromatic carbocycles. The highest BCUT2D eigenvalue weighted by Crippen LogP contribution is 2.24. The molecule has 0 aliphatic carbocycles. The number of amides is 4. The number of rotatable bonds is 23. The molecule has 8 N–H and O–H groups in total. The third kappa shape index (κ3) is 16.8. The van der Waals surface area contributed by atoms with Gasteiger partial charge in [0.05, 0.1) is 6.04 Å². The third-order valence-corrected chi connectivity index (χ3v) is 7.83. The van der Waals surface area contributed by atoms with Crippen molar-refractivity contribution in [3.63, 3.8) is 0 Å². The molecule has 0 rings (SSSR count). The third-order valence-electron chi connectivity index (χ3n) is 7.83. The average Bonchev–Trinajstić information content (AvgIpc) is 2.96. The molecule has 14 heteroatoms. The number of Topliss-reactive ketones (excluding diaryl/α,β-unsaturated/α-hetero) is 1. The minimum absolute atomic E-state index is 0.0775. The molecule has 0 unspecified atom stereocenters. The second-order valence-electron chi connectivity index (χ2n) is 14.6. The van der Waals surface area contributed by atoms with E-state index >= 15 is 0 Å². The number of nitrogens with one attached hydrogen (secondary N) is 2. The largest absolute Gasteiger partial charge is 0.461 e. The van der Waals surface area contributed by atoms with E-state index in [1.165, 1.54) is 0 Å². The van der Waals surface area contributed by atoms with Crippen molar-refractivity contribution in [3.05, 3.63) is 0 Å². The summed E-state index contributed by atoms with van der Waals surface area (Å²) in [4.78, 5) is 80.9. The zero-order valence-electron chi connectivity index (χ0n) is 30.8. The normalized spacial score (nSPS) is 15.0. The van der Waals surface area contributed by atoms with E-state index < -0.39 is 65.0 Å². The number of ether oxygens (including phenoxy) is 2. The van der Waals surface area contributed by atoms with E-state index in [4.69, 9.17) is 26.7 Å². The molecule has 0 aliphatic heterocycles. The maximum absolute atomic E-state index is 14.5. The summed E-state index contributed by atoms with van der Waals surface area (Å²) in [6.07, 6.45) is 2.07. The number of hydrogen-bond acceptors (Lipinski definition) is 11. The Balaban J connectivity index is 6.78. The Morgan fingerprint density at radius 1 is 0.854 bits per heavy atom. The Labute approximate surface area is 287 Å². The average molecular weight is 685 g/mol. The number of ketones is 1. The predicted octanol–water partition coefficient (Wildman–Crippen LogP) is 2.68. The van der Waals surface area contributed by atoms with Crippen molar-refractivity contribution >= 4 is 36.1 Å². The molecule has 4 amide bonds. The lowest BCUT2D eigenvalue weighted by Crippen LogP contribution is -2.61. The Hall–Kier alpha value is -3.10. The molecule has 0 aliphatic rings. The number of imide groups is 1. The fourth-order valence-electron chi connectivity index (χ4n) is 5.03. The summed E-state index contributed by atoms with van der Waals surface area (Å²) in [7, 11) is 0. The molecular formula is C34H64N6O8. The van der Waals surface area contributed by atoms with Gasteiger partial charge in [-0.1, -0.05) is 40.5 Å². The summed E-state index contributed by atoms with van der Waals surface area (Å²) < 4.78 is 10.7. The van der Waals surface area contributed by atoms with Gasteiger partial charge in [0, 0.05) is 6.42 Å². The van der Waals surface area contributed by atoms with Crippen LogP contribution >= 0.6 is 0 Å². The van der Waals surface area contributed by atoms with E-state index in [9.17, 15) is 28.8 Å². The summed E-state index contributed by atoms with van der Waals surface area (Å²) in [5.74, 6) is -2.94. The van der Waals surface area contributed by atoms with Gasteiger partial charge in [0.2, 0.25) is 11.8 Å². The monoisotopic (exact) mass is 684 g/mol. The van der Waals surface area contributed by atoms with Crippen LogP contribution in [0.1, 0.15) is 120 Å². The van der Waals surface area contributed by atoms with Crippen LogP contribution in [-0.4, -0.2) is 89.4 Å². The number of hydrogen-bond donors (Lipinski definition) is 5. The Morgan fingerprint density at radius 3 is 1.90 bits per heavy atom. The van der Waals surface area contributed by atoms with Gasteiger partial charge in [-0.05, 0) is 98.1 Å². The van der Waals surface area contributed by atoms with Gasteiger partial charge in [0.1, 0.15) is 29.3 Å². The Bertz CT molecular complexity index is 1050. The molecule has 0 saturated heterocycles. The van der Waals surface area contributed by atoms with Gasteiger partial charge in [-0.2, -0.15) is 0 Å². The quantitative estimate of drug-likeness (QED) is 0.0776. The molecule has 0 fully saturated rings. The van der Waals surface area contributed by atoms with E-state index in [0.29, 0.717) is 51.6 Å². The maximum Gasteiger partial charge on any atom is 0.417 e. The van der Waals surface area contributed by atoms with Crippen LogP contribution < -0.4 is 27.8 Å². The molecular weight excluding hydrogens is 620 g/mol. The highest BCUT2D eigenvalue weighted by atomic mass is 16.6. The number of unbranched alkanes of at least 4 members (excludes halogenated alkanes) is 2. The van der Waals surface area contributed by atoms with Crippen molar-refractivity contribution in [1.82, 2.24) is 15.5 Å². The van der Waals surface area contributed by atoms with E-state index in [0.717, 1.165) is 4.90 Å². The van der Waals surface area contributed by atoms with Gasteiger partial charge in [0.25, 0.3) is 12.4 Å². The van der Waals surface area contributed by atoms with E-state index in [-0.39, 0.29) is 37.6 Å². The summed E-state index contributed by atoms with van der Waals surface area (Å²) in [6.45, 7) is 16.4. The van der Waals surface area contributed by atoms with E-state index in [1.807, 2.05) is 20.8 Å². The van der Waals surface area contributed by atoms with Gasteiger partial charge in [0.15, 0.2) is 5.78 Å². The zero-order chi connectivity index (χ0) is 37.2. The summed E-state index contributed by atoms with van der Waals surface area (Å²) >= 11 is 0. The van der Waals surface area contributed by atoms with Crippen molar-refractivity contribution in [3.8, 4) is 0 Å². The number of nitrogens with zero attached hydrogens (tertiary/aromatic N) is 1. The zero-order valence-corrected chi connectivity index (χ0v) is 30.8. The standard InChI is InChI=1S/C34H64N6O8/c1-10-23(4)28(39-29(43)24(37)15-11-13-17-35)30(44)38-25(19-22(2)3)31(45)40(32(46)48-33(5,6)7)26(16-12-14-18-36)27(42)20-34(8,9)47-21-41/h21-26,28H,10-20,35-37H2,1-9H3,(H,38,44)(H,39,43)/t23-,24-,25-,26-,28-/m0/s1. The minimum atomic E-state index is -1.29. The molecule has 278 valence electrons. The molecule has 0 spiro atoms. The van der Waals surface area contributed by atoms with Crippen molar-refractivity contribution in [1.29, 1.82) is 0 Å². The van der Waals surface area contributed by atoms with Crippen molar-refractivity contribution in [2.45, 2.75) is 155 Å². The summed E-state index contributed by atoms with van der Waals surface area (Å²) in [6, 6.07) is -4.42. The summed E-state index contributed by atoms with van der Waals surface area (Å²) in [5, 5.41) is 5.53. The first kappa shape index (κ1) is 44.9. The molecule has 5 atom stereocenters. The molecule has 0 radical (unpaired) electrons. The van der Waals surface area contributed by atoms with Gasteiger partial charge in [-0.25, -0.2) is 9.69 Å². The lowest BCUT2D eigenvalue weighted by molar-refractivity contribution is -0.148. The molecule has 0 aromatic rings. The maximum atomic E-state index is 14.5. The first-order valence-corrected chi connectivity index (χ1v) is 17.2. The van der Waals surface area contributed by atoms with Gasteiger partial charge in [-0.3, -0.25) is 24.0 Å². The summed E-state index contributed by atoms with van der Waals surface area (Å²) in [5.41, 5.74) is 15.1. The van der Waals surface area contributed by atoms with Crippen molar-refractivity contribution in [2.24, 2.45) is 29.0 Å². The first-order chi connectivity index (χ1) is 22.2. The van der Waals surface area contributed by atoms with Crippen LogP contribution in [-0.2, 0) is 33.4 Å². The van der Waals surface area contributed by atoms with Gasteiger partial charge < -0.3 is 37.3 Å². The molecule has 0 aromatic heterocycles. The fourth-order valence-corrected chi connectivity index (χ4v) is 5.03. The van der Waals surface area contributed by atoms with E-state index in [1.54, 1.807) is 41.5 Å². The highest BCUT2D eigenvalue weighted by molar-refractivity contribution is 6.02. The van der Waals surface area contributed by atoms with Gasteiger partial charge in [-0.15, -0.1) is 0 Å². The Kier molecular flexibility index (Phi) is 20.4. The van der Waals surface area contributed by atoms with Gasteiger partial charge >= 0.3 is 6.09 Å². The SMILES string of the molecule is CC[C@H](C)[C@H](NC(=O)[C@@H](N)CCCCN)C(=O)N[C@@H](CC(C)C)C(=O)N(C(=O)OC(C)(C)C)[C@@H](CCCCN)C(=O)CC(C)(C)OC=O. The lowest BCUT2D eigenvalue weighted by Gasteiger charge is -2.36. The van der Waals surface area contributed by atoms with Crippen LogP contribution in [0.15, 0.2) is 0 Å².